The van der Waals surface area contributed by atoms with Crippen molar-refractivity contribution in [2.45, 2.75) is 39.3 Å². The summed E-state index contributed by atoms with van der Waals surface area (Å²) in [4.78, 5) is 23.2. The van der Waals surface area contributed by atoms with Gasteiger partial charge in [0.2, 0.25) is 5.91 Å². The lowest BCUT2D eigenvalue weighted by Crippen LogP contribution is -2.45. The van der Waals surface area contributed by atoms with Gasteiger partial charge in [-0.2, -0.15) is 5.10 Å². The maximum Gasteiger partial charge on any atom is 0.321 e. The molecule has 1 aromatic heterocycles. The second-order valence-electron chi connectivity index (χ2n) is 5.70. The van der Waals surface area contributed by atoms with Crippen LogP contribution in [-0.4, -0.2) is 34.3 Å². The highest BCUT2D eigenvalue weighted by molar-refractivity contribution is 5.97. The Bertz CT molecular complexity index is 516. The van der Waals surface area contributed by atoms with Gasteiger partial charge in [-0.1, -0.05) is 6.08 Å². The normalized spacial score (nSPS) is 12.4. The van der Waals surface area contributed by atoms with Crippen LogP contribution in [-0.2, 0) is 10.3 Å². The number of imide groups is 1. The van der Waals surface area contributed by atoms with Crippen molar-refractivity contribution >= 4 is 17.6 Å². The molecule has 116 valence electrons. The van der Waals surface area contributed by atoms with Crippen LogP contribution in [0, 0.1) is 0 Å². The van der Waals surface area contributed by atoms with Gasteiger partial charge in [-0.25, -0.2) is 4.79 Å². The maximum absolute atomic E-state index is 11.8. The highest BCUT2D eigenvalue weighted by Gasteiger charge is 2.18. The van der Waals surface area contributed by atoms with Crippen LogP contribution in [0.2, 0.25) is 0 Å². The molecule has 0 radical (unpaired) electrons. The van der Waals surface area contributed by atoms with E-state index in [1.165, 1.54) is 6.08 Å². The first-order valence-electron chi connectivity index (χ1n) is 6.75. The standard InChI is InChI=1S/C14H23N5O2/c1-6-7-15-13(21)18-12(20)10(2)17-11-8-16-19(9-11)14(3,4)5/h6,8-10,17H,1,7H2,2-5H3,(H2,15,18,20,21)/t10-/m0/s1. The van der Waals surface area contributed by atoms with Crippen LogP contribution in [0.1, 0.15) is 27.7 Å². The molecule has 0 spiro atoms. The number of nitrogens with zero attached hydrogens (tertiary/aromatic N) is 2. The zero-order valence-corrected chi connectivity index (χ0v) is 12.9. The van der Waals surface area contributed by atoms with Crippen molar-refractivity contribution < 1.29 is 9.59 Å². The first-order chi connectivity index (χ1) is 9.74. The molecule has 0 saturated carbocycles. The highest BCUT2D eigenvalue weighted by Crippen LogP contribution is 2.16. The third kappa shape index (κ3) is 5.29. The molecule has 7 nitrogen and oxygen atoms in total. The van der Waals surface area contributed by atoms with Gasteiger partial charge in [0.15, 0.2) is 0 Å². The van der Waals surface area contributed by atoms with Gasteiger partial charge in [-0.05, 0) is 27.7 Å². The molecule has 1 aromatic rings. The minimum absolute atomic E-state index is 0.129. The van der Waals surface area contributed by atoms with Crippen molar-refractivity contribution in [3.05, 3.63) is 25.0 Å². The van der Waals surface area contributed by atoms with E-state index in [9.17, 15) is 9.59 Å². The van der Waals surface area contributed by atoms with Crippen LogP contribution in [0.4, 0.5) is 10.5 Å². The fourth-order valence-corrected chi connectivity index (χ4v) is 1.51. The van der Waals surface area contributed by atoms with Crippen molar-refractivity contribution in [2.24, 2.45) is 0 Å². The third-order valence-corrected chi connectivity index (χ3v) is 2.69. The predicted octanol–water partition coefficient (Wildman–Crippen LogP) is 1.45. The van der Waals surface area contributed by atoms with Gasteiger partial charge in [0.1, 0.15) is 6.04 Å². The Kier molecular flexibility index (Phi) is 5.52. The van der Waals surface area contributed by atoms with E-state index in [1.807, 2.05) is 27.0 Å². The SMILES string of the molecule is C=CCNC(=O)NC(=O)[C@H](C)Nc1cnn(C(C)(C)C)c1. The summed E-state index contributed by atoms with van der Waals surface area (Å²) in [6, 6.07) is -1.10. The fraction of sp³-hybridized carbons (Fsp3) is 0.500. The Morgan fingerprint density at radius 2 is 2.14 bits per heavy atom. The van der Waals surface area contributed by atoms with Crippen LogP contribution in [0.3, 0.4) is 0 Å². The molecule has 0 aliphatic rings. The summed E-state index contributed by atoms with van der Waals surface area (Å²) in [5.41, 5.74) is 0.592. The number of hydrogen-bond donors (Lipinski definition) is 3. The van der Waals surface area contributed by atoms with E-state index < -0.39 is 18.0 Å². The lowest BCUT2D eigenvalue weighted by atomic mass is 10.1. The van der Waals surface area contributed by atoms with Gasteiger partial charge >= 0.3 is 6.03 Å². The van der Waals surface area contributed by atoms with Crippen molar-refractivity contribution in [3.8, 4) is 0 Å². The highest BCUT2D eigenvalue weighted by atomic mass is 16.2. The van der Waals surface area contributed by atoms with E-state index in [0.717, 1.165) is 5.69 Å². The summed E-state index contributed by atoms with van der Waals surface area (Å²) in [5, 5.41) is 12.0. The van der Waals surface area contributed by atoms with Gasteiger partial charge in [0.25, 0.3) is 0 Å². The Hall–Kier alpha value is -2.31. The molecule has 7 heteroatoms. The summed E-state index contributed by atoms with van der Waals surface area (Å²) < 4.78 is 1.80. The predicted molar refractivity (Wildman–Crippen MR) is 82.0 cm³/mol. The molecule has 1 heterocycles. The molecule has 1 rings (SSSR count). The topological polar surface area (TPSA) is 88.1 Å². The first kappa shape index (κ1) is 16.7. The number of nitrogens with one attached hydrogen (secondary N) is 3. The zero-order chi connectivity index (χ0) is 16.0. The second kappa shape index (κ2) is 6.92. The van der Waals surface area contributed by atoms with E-state index >= 15 is 0 Å². The second-order valence-corrected chi connectivity index (χ2v) is 5.70. The Balaban J connectivity index is 2.54. The summed E-state index contributed by atoms with van der Waals surface area (Å²) in [6.45, 7) is 11.5. The molecule has 3 N–H and O–H groups in total. The van der Waals surface area contributed by atoms with E-state index in [1.54, 1.807) is 17.8 Å². The molecule has 0 bridgehead atoms. The fourth-order valence-electron chi connectivity index (χ4n) is 1.51. The van der Waals surface area contributed by atoms with Gasteiger partial charge in [0, 0.05) is 12.7 Å². The zero-order valence-electron chi connectivity index (χ0n) is 12.9. The largest absolute Gasteiger partial charge is 0.371 e. The molecule has 21 heavy (non-hydrogen) atoms. The summed E-state index contributed by atoms with van der Waals surface area (Å²) in [6.07, 6.45) is 5.00. The molecule has 0 unspecified atom stereocenters. The van der Waals surface area contributed by atoms with Gasteiger partial charge in [-0.3, -0.25) is 14.8 Å². The van der Waals surface area contributed by atoms with E-state index in [-0.39, 0.29) is 5.54 Å². The van der Waals surface area contributed by atoms with Crippen molar-refractivity contribution in [1.29, 1.82) is 0 Å². The molecular weight excluding hydrogens is 270 g/mol. The number of amides is 3. The van der Waals surface area contributed by atoms with E-state index in [0.29, 0.717) is 6.54 Å². The van der Waals surface area contributed by atoms with Crippen LogP contribution < -0.4 is 16.0 Å². The molecule has 0 saturated heterocycles. The lowest BCUT2D eigenvalue weighted by molar-refractivity contribution is -0.120. The lowest BCUT2D eigenvalue weighted by Gasteiger charge is -2.19. The molecule has 0 aromatic carbocycles. The van der Waals surface area contributed by atoms with Crippen molar-refractivity contribution in [3.63, 3.8) is 0 Å². The summed E-state index contributed by atoms with van der Waals surface area (Å²) >= 11 is 0. The average Bonchev–Trinajstić information content (AvgIpc) is 2.84. The van der Waals surface area contributed by atoms with Crippen LogP contribution in [0.5, 0.6) is 0 Å². The minimum Gasteiger partial charge on any atom is -0.371 e. The number of hydrogen-bond acceptors (Lipinski definition) is 4. The number of anilines is 1. The van der Waals surface area contributed by atoms with Crippen LogP contribution in [0.15, 0.2) is 25.0 Å². The van der Waals surface area contributed by atoms with Crippen LogP contribution in [0.25, 0.3) is 0 Å². The maximum atomic E-state index is 11.8. The molecule has 0 aliphatic carbocycles. The van der Waals surface area contributed by atoms with Gasteiger partial charge in [-0.15, -0.1) is 6.58 Å². The molecule has 3 amide bonds. The number of aromatic nitrogens is 2. The Labute approximate surface area is 124 Å². The Morgan fingerprint density at radius 3 is 2.67 bits per heavy atom. The smallest absolute Gasteiger partial charge is 0.321 e. The van der Waals surface area contributed by atoms with Gasteiger partial charge < -0.3 is 10.6 Å². The number of urea groups is 1. The van der Waals surface area contributed by atoms with Crippen molar-refractivity contribution in [2.75, 3.05) is 11.9 Å². The number of carbonyl (C=O) groups is 2. The first-order valence-corrected chi connectivity index (χ1v) is 6.75. The average molecular weight is 293 g/mol. The molecule has 0 fully saturated rings. The molecule has 0 aliphatic heterocycles. The van der Waals surface area contributed by atoms with E-state index in [2.05, 4.69) is 27.6 Å². The minimum atomic E-state index is -0.558. The van der Waals surface area contributed by atoms with E-state index in [4.69, 9.17) is 0 Å². The van der Waals surface area contributed by atoms with Crippen LogP contribution >= 0.6 is 0 Å². The number of carbonyl (C=O) groups excluding carboxylic acids is 2. The molecule has 1 atom stereocenters. The Morgan fingerprint density at radius 1 is 1.48 bits per heavy atom. The molecular formula is C14H23N5O2. The van der Waals surface area contributed by atoms with Crippen molar-refractivity contribution in [1.82, 2.24) is 20.4 Å². The summed E-state index contributed by atoms with van der Waals surface area (Å²) in [5.74, 6) is -0.417. The third-order valence-electron chi connectivity index (χ3n) is 2.69. The van der Waals surface area contributed by atoms with Gasteiger partial charge in [0.05, 0.1) is 17.4 Å². The monoisotopic (exact) mass is 293 g/mol. The quantitative estimate of drug-likeness (QED) is 0.717. The number of rotatable bonds is 5. The summed E-state index contributed by atoms with van der Waals surface area (Å²) in [7, 11) is 0.